The molecule has 0 aliphatic carbocycles. The van der Waals surface area contributed by atoms with E-state index in [1.165, 1.54) is 11.1 Å². The average molecular weight is 392 g/mol. The minimum atomic E-state index is -4.50. The Balaban J connectivity index is 1.94. The summed E-state index contributed by atoms with van der Waals surface area (Å²) in [6.07, 6.45) is -3.03. The summed E-state index contributed by atoms with van der Waals surface area (Å²) in [5.41, 5.74) is 0.696. The number of halogens is 3. The first-order chi connectivity index (χ1) is 13.2. The molecular formula is C20H23F3N4O. The van der Waals surface area contributed by atoms with Crippen molar-refractivity contribution < 1.29 is 18.0 Å². The molecule has 1 aromatic carbocycles. The van der Waals surface area contributed by atoms with Gasteiger partial charge in [-0.1, -0.05) is 12.1 Å². The number of rotatable bonds is 3. The van der Waals surface area contributed by atoms with Crippen LogP contribution in [0.4, 0.5) is 19.0 Å². The normalized spacial score (nSPS) is 15.6. The zero-order valence-electron chi connectivity index (χ0n) is 16.1. The maximum absolute atomic E-state index is 13.7. The number of pyridine rings is 1. The minimum Gasteiger partial charge on any atom is -0.354 e. The van der Waals surface area contributed by atoms with E-state index in [-0.39, 0.29) is 11.7 Å². The van der Waals surface area contributed by atoms with Crippen LogP contribution in [0.1, 0.15) is 15.9 Å². The van der Waals surface area contributed by atoms with Crippen molar-refractivity contribution in [1.29, 1.82) is 0 Å². The van der Waals surface area contributed by atoms with Gasteiger partial charge in [-0.25, -0.2) is 4.98 Å². The van der Waals surface area contributed by atoms with Gasteiger partial charge in [-0.05, 0) is 30.8 Å². The highest BCUT2D eigenvalue weighted by molar-refractivity contribution is 5.94. The molecule has 3 rings (SSSR count). The topological polar surface area (TPSA) is 39.7 Å². The third-order valence-corrected chi connectivity index (χ3v) is 4.85. The summed E-state index contributed by atoms with van der Waals surface area (Å²) >= 11 is 0. The van der Waals surface area contributed by atoms with Crippen LogP contribution in [-0.4, -0.2) is 68.0 Å². The number of likely N-dealkylation sites (N-methyl/N-ethyl adjacent to an activating group) is 1. The standard InChI is InChI=1S/C20H23F3N4O/c1-25(2)19(28)15-6-4-14(5-7-15)16-12-17(20(21,22)23)18(24-13-16)27-10-8-26(3)9-11-27/h4-7,12-13H,8-11H2,1-3H3. The fourth-order valence-corrected chi connectivity index (χ4v) is 3.16. The molecule has 0 radical (unpaired) electrons. The number of anilines is 1. The van der Waals surface area contributed by atoms with E-state index in [0.29, 0.717) is 42.9 Å². The lowest BCUT2D eigenvalue weighted by molar-refractivity contribution is -0.137. The van der Waals surface area contributed by atoms with E-state index in [0.717, 1.165) is 6.07 Å². The maximum atomic E-state index is 13.7. The molecule has 0 atom stereocenters. The second kappa shape index (κ2) is 7.79. The van der Waals surface area contributed by atoms with Gasteiger partial charge in [-0.3, -0.25) is 4.79 Å². The maximum Gasteiger partial charge on any atom is 0.419 e. The van der Waals surface area contributed by atoms with E-state index in [9.17, 15) is 18.0 Å². The highest BCUT2D eigenvalue weighted by Crippen LogP contribution is 2.38. The van der Waals surface area contributed by atoms with Crippen LogP contribution >= 0.6 is 0 Å². The Kier molecular flexibility index (Phi) is 5.60. The molecule has 1 aliphatic rings. The second-order valence-corrected chi connectivity index (χ2v) is 7.16. The monoisotopic (exact) mass is 392 g/mol. The first kappa shape index (κ1) is 20.1. The summed E-state index contributed by atoms with van der Waals surface area (Å²) in [4.78, 5) is 21.4. The Labute approximate surface area is 162 Å². The number of carbonyl (C=O) groups excluding carboxylic acids is 1. The number of hydrogen-bond donors (Lipinski definition) is 0. The molecule has 8 heteroatoms. The fourth-order valence-electron chi connectivity index (χ4n) is 3.16. The van der Waals surface area contributed by atoms with Crippen molar-refractivity contribution >= 4 is 11.7 Å². The summed E-state index contributed by atoms with van der Waals surface area (Å²) < 4.78 is 41.1. The van der Waals surface area contributed by atoms with Gasteiger partial charge < -0.3 is 14.7 Å². The zero-order chi connectivity index (χ0) is 20.5. The molecule has 1 fully saturated rings. The molecule has 0 unspecified atom stereocenters. The minimum absolute atomic E-state index is 0.0243. The molecule has 0 spiro atoms. The van der Waals surface area contributed by atoms with Crippen molar-refractivity contribution in [3.05, 3.63) is 47.7 Å². The van der Waals surface area contributed by atoms with E-state index in [2.05, 4.69) is 9.88 Å². The number of alkyl halides is 3. The largest absolute Gasteiger partial charge is 0.419 e. The van der Waals surface area contributed by atoms with Gasteiger partial charge in [0.25, 0.3) is 5.91 Å². The molecule has 1 amide bonds. The van der Waals surface area contributed by atoms with Crippen LogP contribution in [0, 0.1) is 0 Å². The van der Waals surface area contributed by atoms with Crippen molar-refractivity contribution in [2.24, 2.45) is 0 Å². The van der Waals surface area contributed by atoms with Crippen molar-refractivity contribution in [1.82, 2.24) is 14.8 Å². The third-order valence-electron chi connectivity index (χ3n) is 4.85. The third kappa shape index (κ3) is 4.27. The van der Waals surface area contributed by atoms with Gasteiger partial charge >= 0.3 is 6.18 Å². The molecule has 0 N–H and O–H groups in total. The van der Waals surface area contributed by atoms with Crippen LogP contribution in [-0.2, 0) is 6.18 Å². The lowest BCUT2D eigenvalue weighted by Crippen LogP contribution is -2.45. The molecule has 2 heterocycles. The lowest BCUT2D eigenvalue weighted by atomic mass is 10.0. The number of nitrogens with zero attached hydrogens (tertiary/aromatic N) is 4. The Morgan fingerprint density at radius 3 is 2.18 bits per heavy atom. The van der Waals surface area contributed by atoms with E-state index in [1.807, 2.05) is 7.05 Å². The number of benzene rings is 1. The van der Waals surface area contributed by atoms with E-state index in [4.69, 9.17) is 0 Å². The van der Waals surface area contributed by atoms with Gasteiger partial charge in [0.1, 0.15) is 5.82 Å². The number of carbonyl (C=O) groups is 1. The van der Waals surface area contributed by atoms with Gasteiger partial charge in [0.05, 0.1) is 5.56 Å². The first-order valence-corrected chi connectivity index (χ1v) is 8.99. The van der Waals surface area contributed by atoms with Gasteiger partial charge in [-0.15, -0.1) is 0 Å². The van der Waals surface area contributed by atoms with E-state index < -0.39 is 11.7 Å². The Morgan fingerprint density at radius 2 is 1.64 bits per heavy atom. The number of amides is 1. The van der Waals surface area contributed by atoms with Crippen LogP contribution < -0.4 is 4.90 Å². The van der Waals surface area contributed by atoms with Crippen molar-refractivity contribution in [2.75, 3.05) is 52.2 Å². The smallest absolute Gasteiger partial charge is 0.354 e. The van der Waals surface area contributed by atoms with Crippen molar-refractivity contribution in [3.63, 3.8) is 0 Å². The van der Waals surface area contributed by atoms with Crippen LogP contribution in [0.15, 0.2) is 36.5 Å². The Morgan fingerprint density at radius 1 is 1.04 bits per heavy atom. The fraction of sp³-hybridized carbons (Fsp3) is 0.400. The molecule has 0 saturated carbocycles. The van der Waals surface area contributed by atoms with Gasteiger partial charge in [0.2, 0.25) is 0 Å². The molecule has 2 aromatic rings. The quantitative estimate of drug-likeness (QED) is 0.804. The van der Waals surface area contributed by atoms with Crippen molar-refractivity contribution in [2.45, 2.75) is 6.18 Å². The summed E-state index contributed by atoms with van der Waals surface area (Å²) in [5, 5.41) is 0. The van der Waals surface area contributed by atoms with E-state index in [1.54, 1.807) is 43.3 Å². The summed E-state index contributed by atoms with van der Waals surface area (Å²) in [7, 11) is 5.24. The van der Waals surface area contributed by atoms with E-state index >= 15 is 0 Å². The zero-order valence-corrected chi connectivity index (χ0v) is 16.1. The van der Waals surface area contributed by atoms with Gasteiger partial charge in [-0.2, -0.15) is 13.2 Å². The van der Waals surface area contributed by atoms with Crippen LogP contribution in [0.25, 0.3) is 11.1 Å². The molecule has 28 heavy (non-hydrogen) atoms. The summed E-state index contributed by atoms with van der Waals surface area (Å²) in [6.45, 7) is 2.41. The second-order valence-electron chi connectivity index (χ2n) is 7.16. The Bertz CT molecular complexity index is 842. The van der Waals surface area contributed by atoms with Crippen LogP contribution in [0.2, 0.25) is 0 Å². The summed E-state index contributed by atoms with van der Waals surface area (Å²) in [5.74, 6) is -0.185. The lowest BCUT2D eigenvalue weighted by Gasteiger charge is -2.34. The number of piperazine rings is 1. The molecule has 1 saturated heterocycles. The van der Waals surface area contributed by atoms with Gasteiger partial charge in [0, 0.05) is 57.6 Å². The van der Waals surface area contributed by atoms with Gasteiger partial charge in [0.15, 0.2) is 0 Å². The summed E-state index contributed by atoms with van der Waals surface area (Å²) in [6, 6.07) is 7.65. The first-order valence-electron chi connectivity index (χ1n) is 8.99. The van der Waals surface area contributed by atoms with Crippen LogP contribution in [0.5, 0.6) is 0 Å². The van der Waals surface area contributed by atoms with Crippen LogP contribution in [0.3, 0.4) is 0 Å². The molecule has 1 aromatic heterocycles. The predicted molar refractivity (Wildman–Crippen MR) is 102 cm³/mol. The van der Waals surface area contributed by atoms with Crippen molar-refractivity contribution in [3.8, 4) is 11.1 Å². The molecule has 1 aliphatic heterocycles. The Hall–Kier alpha value is -2.61. The number of hydrogen-bond acceptors (Lipinski definition) is 4. The molecule has 150 valence electrons. The predicted octanol–water partition coefficient (Wildman–Crippen LogP) is 3.22. The average Bonchev–Trinajstić information content (AvgIpc) is 2.67. The SMILES string of the molecule is CN1CCN(c2ncc(-c3ccc(C(=O)N(C)C)cc3)cc2C(F)(F)F)CC1. The highest BCUT2D eigenvalue weighted by Gasteiger charge is 2.36. The molecule has 5 nitrogen and oxygen atoms in total. The molecular weight excluding hydrogens is 369 g/mol. The highest BCUT2D eigenvalue weighted by atomic mass is 19.4. The number of aromatic nitrogens is 1. The molecule has 0 bridgehead atoms.